The van der Waals surface area contributed by atoms with E-state index in [-0.39, 0.29) is 23.3 Å². The lowest BCUT2D eigenvalue weighted by atomic mass is 9.94. The lowest BCUT2D eigenvalue weighted by Gasteiger charge is -2.32. The molecular formula is C17H23N5O2. The molecule has 7 nitrogen and oxygen atoms in total. The molecule has 24 heavy (non-hydrogen) atoms. The lowest BCUT2D eigenvalue weighted by molar-refractivity contribution is 0.0894. The Morgan fingerprint density at radius 3 is 2.71 bits per heavy atom. The molecule has 0 spiro atoms. The van der Waals surface area contributed by atoms with Gasteiger partial charge in [0, 0.05) is 36.9 Å². The summed E-state index contributed by atoms with van der Waals surface area (Å²) in [5.41, 5.74) is -0.169. The third kappa shape index (κ3) is 3.72. The number of carbonyl (C=O) groups is 1. The highest BCUT2D eigenvalue weighted by molar-refractivity contribution is 5.89. The van der Waals surface area contributed by atoms with Crippen LogP contribution < -0.4 is 10.2 Å². The number of aromatic nitrogens is 3. The number of carbonyl (C=O) groups excluding carboxylic acids is 1. The van der Waals surface area contributed by atoms with Gasteiger partial charge in [-0.15, -0.1) is 0 Å². The lowest BCUT2D eigenvalue weighted by Crippen LogP contribution is -2.48. The van der Waals surface area contributed by atoms with Crippen LogP contribution in [0.25, 0.3) is 0 Å². The van der Waals surface area contributed by atoms with E-state index in [9.17, 15) is 4.79 Å². The average Bonchev–Trinajstić information content (AvgIpc) is 3.06. The summed E-state index contributed by atoms with van der Waals surface area (Å²) in [5.74, 6) is 1.25. The molecular weight excluding hydrogens is 306 g/mol. The van der Waals surface area contributed by atoms with Crippen LogP contribution in [0.3, 0.4) is 0 Å². The van der Waals surface area contributed by atoms with Gasteiger partial charge in [-0.05, 0) is 18.9 Å². The highest BCUT2D eigenvalue weighted by atomic mass is 16.4. The standard InChI is InChI=1S/C17H23N5O2/c1-17(2,3)13-10-20-15(24-13)14(23)21-12-6-4-9-22(11-12)16-18-7-5-8-19-16/h5,7-8,10,12H,4,6,9,11H2,1-3H3,(H,21,23)/t12-/m1/s1. The predicted octanol–water partition coefficient (Wildman–Crippen LogP) is 2.16. The Morgan fingerprint density at radius 1 is 1.29 bits per heavy atom. The topological polar surface area (TPSA) is 84.2 Å². The fourth-order valence-corrected chi connectivity index (χ4v) is 2.70. The normalized spacial score (nSPS) is 18.5. The van der Waals surface area contributed by atoms with E-state index < -0.39 is 0 Å². The van der Waals surface area contributed by atoms with Crippen molar-refractivity contribution in [3.8, 4) is 0 Å². The minimum atomic E-state index is -0.272. The number of piperidine rings is 1. The molecule has 0 saturated carbocycles. The van der Waals surface area contributed by atoms with Crippen molar-refractivity contribution in [3.05, 3.63) is 36.3 Å². The van der Waals surface area contributed by atoms with Crippen molar-refractivity contribution in [1.82, 2.24) is 20.3 Å². The van der Waals surface area contributed by atoms with Crippen LogP contribution in [0.5, 0.6) is 0 Å². The maximum atomic E-state index is 12.4. The molecule has 128 valence electrons. The number of hydrogen-bond acceptors (Lipinski definition) is 6. The van der Waals surface area contributed by atoms with Gasteiger partial charge < -0.3 is 14.6 Å². The van der Waals surface area contributed by atoms with Crippen molar-refractivity contribution in [2.24, 2.45) is 0 Å². The fraction of sp³-hybridized carbons (Fsp3) is 0.529. The first-order chi connectivity index (χ1) is 11.4. The molecule has 7 heteroatoms. The maximum Gasteiger partial charge on any atom is 0.307 e. The monoisotopic (exact) mass is 329 g/mol. The Balaban J connectivity index is 1.63. The summed E-state index contributed by atoms with van der Waals surface area (Å²) in [4.78, 5) is 27.1. The van der Waals surface area contributed by atoms with Gasteiger partial charge in [0.2, 0.25) is 5.95 Å². The minimum Gasteiger partial charge on any atom is -0.437 e. The molecule has 1 aliphatic heterocycles. The van der Waals surface area contributed by atoms with E-state index in [4.69, 9.17) is 4.42 Å². The summed E-state index contributed by atoms with van der Waals surface area (Å²) in [6.45, 7) is 7.64. The van der Waals surface area contributed by atoms with Crippen LogP contribution in [-0.2, 0) is 5.41 Å². The molecule has 1 N–H and O–H groups in total. The molecule has 0 aliphatic carbocycles. The second kappa shape index (κ2) is 6.59. The number of rotatable bonds is 3. The first-order valence-electron chi connectivity index (χ1n) is 8.22. The van der Waals surface area contributed by atoms with E-state index in [0.717, 1.165) is 19.4 Å². The number of anilines is 1. The minimum absolute atomic E-state index is 0.0278. The Kier molecular flexibility index (Phi) is 4.51. The summed E-state index contributed by atoms with van der Waals surface area (Å²) < 4.78 is 5.60. The zero-order chi connectivity index (χ0) is 17.2. The summed E-state index contributed by atoms with van der Waals surface area (Å²) in [6.07, 6.45) is 6.97. The zero-order valence-electron chi connectivity index (χ0n) is 14.3. The van der Waals surface area contributed by atoms with Crippen LogP contribution in [0.15, 0.2) is 29.1 Å². The van der Waals surface area contributed by atoms with Crippen LogP contribution in [0.4, 0.5) is 5.95 Å². The molecule has 0 aromatic carbocycles. The van der Waals surface area contributed by atoms with E-state index in [1.54, 1.807) is 24.7 Å². The van der Waals surface area contributed by atoms with Gasteiger partial charge in [0.1, 0.15) is 5.76 Å². The van der Waals surface area contributed by atoms with Gasteiger partial charge in [-0.3, -0.25) is 4.79 Å². The second-order valence-electron chi connectivity index (χ2n) is 7.09. The Hall–Kier alpha value is -2.44. The van der Waals surface area contributed by atoms with Crippen molar-refractivity contribution in [1.29, 1.82) is 0 Å². The van der Waals surface area contributed by atoms with Gasteiger partial charge in [0.15, 0.2) is 0 Å². The SMILES string of the molecule is CC(C)(C)c1cnc(C(=O)N[C@@H]2CCCN(c3ncccn3)C2)o1. The smallest absolute Gasteiger partial charge is 0.307 e. The number of oxazole rings is 1. The molecule has 1 aliphatic rings. The third-order valence-corrected chi connectivity index (χ3v) is 4.03. The summed E-state index contributed by atoms with van der Waals surface area (Å²) in [6, 6.07) is 1.82. The summed E-state index contributed by atoms with van der Waals surface area (Å²) in [5, 5.41) is 3.01. The molecule has 2 aromatic rings. The highest BCUT2D eigenvalue weighted by Crippen LogP contribution is 2.23. The van der Waals surface area contributed by atoms with Crippen molar-refractivity contribution < 1.29 is 9.21 Å². The molecule has 0 unspecified atom stereocenters. The van der Waals surface area contributed by atoms with E-state index in [0.29, 0.717) is 18.3 Å². The molecule has 2 aromatic heterocycles. The molecule has 3 rings (SSSR count). The van der Waals surface area contributed by atoms with Gasteiger partial charge in [-0.2, -0.15) is 0 Å². The van der Waals surface area contributed by atoms with Crippen molar-refractivity contribution in [2.75, 3.05) is 18.0 Å². The van der Waals surface area contributed by atoms with Crippen molar-refractivity contribution >= 4 is 11.9 Å². The van der Waals surface area contributed by atoms with Crippen molar-refractivity contribution in [2.45, 2.75) is 45.1 Å². The van der Waals surface area contributed by atoms with Crippen LogP contribution >= 0.6 is 0 Å². The van der Waals surface area contributed by atoms with Gasteiger partial charge in [0.25, 0.3) is 5.89 Å². The summed E-state index contributed by atoms with van der Waals surface area (Å²) in [7, 11) is 0. The first-order valence-corrected chi connectivity index (χ1v) is 8.22. The zero-order valence-corrected chi connectivity index (χ0v) is 14.3. The fourth-order valence-electron chi connectivity index (χ4n) is 2.70. The van der Waals surface area contributed by atoms with Crippen LogP contribution in [0.2, 0.25) is 0 Å². The number of amides is 1. The van der Waals surface area contributed by atoms with Crippen molar-refractivity contribution in [3.63, 3.8) is 0 Å². The number of nitrogens with zero attached hydrogens (tertiary/aromatic N) is 4. The largest absolute Gasteiger partial charge is 0.437 e. The van der Waals surface area contributed by atoms with E-state index in [1.165, 1.54) is 0 Å². The van der Waals surface area contributed by atoms with Gasteiger partial charge >= 0.3 is 5.91 Å². The van der Waals surface area contributed by atoms with Gasteiger partial charge in [-0.25, -0.2) is 15.0 Å². The average molecular weight is 329 g/mol. The molecule has 3 heterocycles. The molecule has 0 bridgehead atoms. The Morgan fingerprint density at radius 2 is 2.04 bits per heavy atom. The van der Waals surface area contributed by atoms with E-state index >= 15 is 0 Å². The second-order valence-corrected chi connectivity index (χ2v) is 7.09. The molecule has 1 atom stereocenters. The summed E-state index contributed by atoms with van der Waals surface area (Å²) >= 11 is 0. The predicted molar refractivity (Wildman–Crippen MR) is 89.9 cm³/mol. The van der Waals surface area contributed by atoms with Gasteiger partial charge in [0.05, 0.1) is 6.20 Å². The number of hydrogen-bond donors (Lipinski definition) is 1. The Labute approximate surface area is 141 Å². The van der Waals surface area contributed by atoms with Crippen LogP contribution in [0, 0.1) is 0 Å². The van der Waals surface area contributed by atoms with Crippen LogP contribution in [0.1, 0.15) is 50.1 Å². The van der Waals surface area contributed by atoms with E-state index in [1.807, 2.05) is 20.8 Å². The third-order valence-electron chi connectivity index (χ3n) is 4.03. The quantitative estimate of drug-likeness (QED) is 0.929. The molecule has 1 amide bonds. The van der Waals surface area contributed by atoms with Gasteiger partial charge in [-0.1, -0.05) is 20.8 Å². The highest BCUT2D eigenvalue weighted by Gasteiger charge is 2.26. The molecule has 1 fully saturated rings. The van der Waals surface area contributed by atoms with Crippen LogP contribution in [-0.4, -0.2) is 40.0 Å². The molecule has 0 radical (unpaired) electrons. The maximum absolute atomic E-state index is 12.4. The molecule has 1 saturated heterocycles. The van der Waals surface area contributed by atoms with E-state index in [2.05, 4.69) is 25.2 Å². The first kappa shape index (κ1) is 16.4. The Bertz CT molecular complexity index is 693. The number of nitrogens with one attached hydrogen (secondary N) is 1.